The van der Waals surface area contributed by atoms with Crippen molar-refractivity contribution in [1.29, 1.82) is 0 Å². The van der Waals surface area contributed by atoms with Crippen molar-refractivity contribution in [3.63, 3.8) is 0 Å². The highest BCUT2D eigenvalue weighted by atomic mass is 79.9. The maximum atomic E-state index is 5.49. The Kier molecular flexibility index (Phi) is 4.02. The summed E-state index contributed by atoms with van der Waals surface area (Å²) in [6.45, 7) is 5.08. The minimum absolute atomic E-state index is 0.117. The summed E-state index contributed by atoms with van der Waals surface area (Å²) in [6, 6.07) is 10.4. The molecule has 2 aromatic rings. The molecule has 0 saturated heterocycles. The molecule has 17 heavy (non-hydrogen) atoms. The number of hydrogen-bond acceptors (Lipinski definition) is 2. The SMILES string of the molecule is CCNC(c1ccc(C)c(Br)c1)c1ccco1. The summed E-state index contributed by atoms with van der Waals surface area (Å²) in [4.78, 5) is 0. The number of nitrogens with one attached hydrogen (secondary N) is 1. The molecule has 0 aliphatic rings. The van der Waals surface area contributed by atoms with Crippen molar-refractivity contribution in [3.05, 3.63) is 58.0 Å². The third-order valence-electron chi connectivity index (χ3n) is 2.77. The first-order valence-electron chi connectivity index (χ1n) is 5.75. The van der Waals surface area contributed by atoms with Crippen LogP contribution in [0.5, 0.6) is 0 Å². The topological polar surface area (TPSA) is 25.2 Å². The molecule has 3 heteroatoms. The quantitative estimate of drug-likeness (QED) is 0.920. The molecular formula is C14H16BrNO. The van der Waals surface area contributed by atoms with Gasteiger partial charge in [-0.25, -0.2) is 0 Å². The smallest absolute Gasteiger partial charge is 0.125 e. The number of hydrogen-bond donors (Lipinski definition) is 1. The summed E-state index contributed by atoms with van der Waals surface area (Å²) in [5, 5.41) is 3.43. The van der Waals surface area contributed by atoms with Crippen molar-refractivity contribution in [2.45, 2.75) is 19.9 Å². The van der Waals surface area contributed by atoms with Gasteiger partial charge in [-0.1, -0.05) is 35.0 Å². The van der Waals surface area contributed by atoms with E-state index in [1.807, 2.05) is 12.1 Å². The van der Waals surface area contributed by atoms with Crippen LogP contribution >= 0.6 is 15.9 Å². The van der Waals surface area contributed by atoms with E-state index >= 15 is 0 Å². The maximum absolute atomic E-state index is 5.49. The molecule has 0 saturated carbocycles. The van der Waals surface area contributed by atoms with E-state index in [0.29, 0.717) is 0 Å². The fourth-order valence-corrected chi connectivity index (χ4v) is 2.23. The van der Waals surface area contributed by atoms with Gasteiger partial charge in [0.2, 0.25) is 0 Å². The monoisotopic (exact) mass is 293 g/mol. The van der Waals surface area contributed by atoms with E-state index in [4.69, 9.17) is 4.42 Å². The van der Waals surface area contributed by atoms with Gasteiger partial charge in [-0.15, -0.1) is 0 Å². The van der Waals surface area contributed by atoms with Crippen LogP contribution < -0.4 is 5.32 Å². The molecule has 1 aromatic carbocycles. The molecule has 1 unspecified atom stereocenters. The van der Waals surface area contributed by atoms with E-state index in [1.165, 1.54) is 11.1 Å². The highest BCUT2D eigenvalue weighted by Gasteiger charge is 2.15. The zero-order chi connectivity index (χ0) is 12.3. The van der Waals surface area contributed by atoms with E-state index in [1.54, 1.807) is 6.26 Å². The van der Waals surface area contributed by atoms with Crippen LogP contribution in [0.3, 0.4) is 0 Å². The lowest BCUT2D eigenvalue weighted by molar-refractivity contribution is 0.452. The minimum atomic E-state index is 0.117. The second-order valence-corrected chi connectivity index (χ2v) is 4.87. The van der Waals surface area contributed by atoms with Crippen LogP contribution in [0.4, 0.5) is 0 Å². The van der Waals surface area contributed by atoms with Gasteiger partial charge in [0.1, 0.15) is 5.76 Å². The summed E-state index contributed by atoms with van der Waals surface area (Å²) in [5.41, 5.74) is 2.45. The van der Waals surface area contributed by atoms with Crippen molar-refractivity contribution >= 4 is 15.9 Å². The molecule has 1 aromatic heterocycles. The molecule has 0 amide bonds. The van der Waals surface area contributed by atoms with E-state index in [0.717, 1.165) is 16.8 Å². The van der Waals surface area contributed by atoms with Gasteiger partial charge in [0.05, 0.1) is 12.3 Å². The number of benzene rings is 1. The summed E-state index contributed by atoms with van der Waals surface area (Å²) >= 11 is 3.57. The second-order valence-electron chi connectivity index (χ2n) is 4.01. The van der Waals surface area contributed by atoms with Crippen LogP contribution in [0.2, 0.25) is 0 Å². The lowest BCUT2D eigenvalue weighted by Gasteiger charge is -2.16. The minimum Gasteiger partial charge on any atom is -0.467 e. The van der Waals surface area contributed by atoms with Crippen molar-refractivity contribution < 1.29 is 4.42 Å². The molecule has 1 atom stereocenters. The lowest BCUT2D eigenvalue weighted by atomic mass is 10.0. The fraction of sp³-hybridized carbons (Fsp3) is 0.286. The van der Waals surface area contributed by atoms with Crippen molar-refractivity contribution in [2.24, 2.45) is 0 Å². The van der Waals surface area contributed by atoms with Crippen molar-refractivity contribution in [3.8, 4) is 0 Å². The molecule has 0 bridgehead atoms. The van der Waals surface area contributed by atoms with Crippen LogP contribution in [0.25, 0.3) is 0 Å². The molecule has 1 heterocycles. The highest BCUT2D eigenvalue weighted by molar-refractivity contribution is 9.10. The molecule has 90 valence electrons. The molecule has 0 aliphatic heterocycles. The third-order valence-corrected chi connectivity index (χ3v) is 3.62. The van der Waals surface area contributed by atoms with Crippen molar-refractivity contribution in [2.75, 3.05) is 6.54 Å². The molecule has 2 rings (SSSR count). The molecule has 1 N–H and O–H groups in total. The molecule has 0 spiro atoms. The van der Waals surface area contributed by atoms with Crippen LogP contribution in [0.15, 0.2) is 45.5 Å². The van der Waals surface area contributed by atoms with Crippen LogP contribution in [0, 0.1) is 6.92 Å². The summed E-state index contributed by atoms with van der Waals surface area (Å²) in [5.74, 6) is 0.947. The Morgan fingerprint density at radius 1 is 1.35 bits per heavy atom. The van der Waals surface area contributed by atoms with Crippen LogP contribution in [-0.2, 0) is 0 Å². The zero-order valence-corrected chi connectivity index (χ0v) is 11.6. The number of aryl methyl sites for hydroxylation is 1. The van der Waals surface area contributed by atoms with Gasteiger partial charge in [0.15, 0.2) is 0 Å². The standard InChI is InChI=1S/C14H16BrNO/c1-3-16-14(13-5-4-8-17-13)11-7-6-10(2)12(15)9-11/h4-9,14,16H,3H2,1-2H3. The first kappa shape index (κ1) is 12.4. The Hall–Kier alpha value is -1.06. The molecule has 0 fully saturated rings. The van der Waals surface area contributed by atoms with Crippen LogP contribution in [0.1, 0.15) is 29.9 Å². The van der Waals surface area contributed by atoms with Gasteiger partial charge >= 0.3 is 0 Å². The van der Waals surface area contributed by atoms with Gasteiger partial charge in [0.25, 0.3) is 0 Å². The van der Waals surface area contributed by atoms with Crippen molar-refractivity contribution in [1.82, 2.24) is 5.32 Å². The second kappa shape index (κ2) is 5.52. The first-order chi connectivity index (χ1) is 8.22. The van der Waals surface area contributed by atoms with E-state index in [-0.39, 0.29) is 6.04 Å². The zero-order valence-electron chi connectivity index (χ0n) is 10.0. The van der Waals surface area contributed by atoms with E-state index in [2.05, 4.69) is 53.3 Å². The van der Waals surface area contributed by atoms with Gasteiger partial charge in [-0.3, -0.25) is 0 Å². The molecule has 0 radical (unpaired) electrons. The Balaban J connectivity index is 2.35. The summed E-state index contributed by atoms with van der Waals surface area (Å²) < 4.78 is 6.62. The predicted octanol–water partition coefficient (Wildman–Crippen LogP) is 4.05. The van der Waals surface area contributed by atoms with Gasteiger partial charge < -0.3 is 9.73 Å². The van der Waals surface area contributed by atoms with E-state index < -0.39 is 0 Å². The molecule has 0 aliphatic carbocycles. The summed E-state index contributed by atoms with van der Waals surface area (Å²) in [6.07, 6.45) is 1.71. The molecule has 2 nitrogen and oxygen atoms in total. The average Bonchev–Trinajstić information content (AvgIpc) is 2.83. The average molecular weight is 294 g/mol. The third kappa shape index (κ3) is 2.79. The van der Waals surface area contributed by atoms with Crippen LogP contribution in [-0.4, -0.2) is 6.54 Å². The Morgan fingerprint density at radius 2 is 2.18 bits per heavy atom. The highest BCUT2D eigenvalue weighted by Crippen LogP contribution is 2.26. The van der Waals surface area contributed by atoms with Gasteiger partial charge in [-0.2, -0.15) is 0 Å². The predicted molar refractivity (Wildman–Crippen MR) is 73.1 cm³/mol. The Bertz CT molecular complexity index is 479. The Labute approximate surface area is 110 Å². The fourth-order valence-electron chi connectivity index (χ4n) is 1.83. The van der Waals surface area contributed by atoms with E-state index in [9.17, 15) is 0 Å². The number of rotatable bonds is 4. The number of halogens is 1. The lowest BCUT2D eigenvalue weighted by Crippen LogP contribution is -2.21. The van der Waals surface area contributed by atoms with Gasteiger partial charge in [-0.05, 0) is 42.8 Å². The largest absolute Gasteiger partial charge is 0.467 e. The molecular weight excluding hydrogens is 278 g/mol. The first-order valence-corrected chi connectivity index (χ1v) is 6.54. The normalized spacial score (nSPS) is 12.6. The van der Waals surface area contributed by atoms with Gasteiger partial charge in [0, 0.05) is 4.47 Å². The number of furan rings is 1. The maximum Gasteiger partial charge on any atom is 0.125 e. The summed E-state index contributed by atoms with van der Waals surface area (Å²) in [7, 11) is 0. The Morgan fingerprint density at radius 3 is 2.76 bits per heavy atom.